The van der Waals surface area contributed by atoms with Crippen molar-refractivity contribution in [2.75, 3.05) is 33.6 Å². The van der Waals surface area contributed by atoms with Crippen LogP contribution < -0.4 is 20.3 Å². The maximum Gasteiger partial charge on any atom is 0.421 e. The number of sulfonamides is 1. The van der Waals surface area contributed by atoms with E-state index in [1.165, 1.54) is 13.2 Å². The van der Waals surface area contributed by atoms with E-state index in [4.69, 9.17) is 0 Å². The maximum absolute atomic E-state index is 13.6. The summed E-state index contributed by atoms with van der Waals surface area (Å²) in [5, 5.41) is 8.14. The second-order valence-corrected chi connectivity index (χ2v) is 10.0. The Morgan fingerprint density at radius 1 is 1.17 bits per heavy atom. The van der Waals surface area contributed by atoms with Gasteiger partial charge in [-0.25, -0.2) is 18.4 Å². The number of benzene rings is 1. The summed E-state index contributed by atoms with van der Waals surface area (Å²) in [6.07, 6.45) is -1.56. The number of hydrogen-bond donors (Lipinski definition) is 3. The van der Waals surface area contributed by atoms with E-state index in [-0.39, 0.29) is 36.3 Å². The number of carbonyl (C=O) groups excluding carboxylic acids is 1. The van der Waals surface area contributed by atoms with Crippen LogP contribution in [-0.4, -0.2) is 47.6 Å². The Morgan fingerprint density at radius 2 is 1.92 bits per heavy atom. The van der Waals surface area contributed by atoms with Gasteiger partial charge in [-0.3, -0.25) is 14.1 Å². The molecule has 0 aliphatic carbocycles. The van der Waals surface area contributed by atoms with Crippen LogP contribution in [0.2, 0.25) is 0 Å². The predicted octanol–water partition coefficient (Wildman–Crippen LogP) is 2.84. The standard InChI is InChI=1S/C21H21F3N8O3S/c1-11-19(32(2)36(3,34)35)28-14(8-25-11)9-26-18-15(21(22,23)24)10-27-20(31-18)29-13-4-5-16-12(6-13)7-17(33)30-16/h4-6,8,10H,7,9H2,1-3H3,(H,30,33)(H2,26,27,29,31). The molecule has 1 amide bonds. The number of amides is 1. The Labute approximate surface area is 204 Å². The quantitative estimate of drug-likeness (QED) is 0.427. The van der Waals surface area contributed by atoms with E-state index < -0.39 is 27.6 Å². The molecule has 0 fully saturated rings. The molecular weight excluding hydrogens is 501 g/mol. The van der Waals surface area contributed by atoms with Gasteiger partial charge in [0, 0.05) is 24.6 Å². The molecule has 3 N–H and O–H groups in total. The molecule has 4 rings (SSSR count). The van der Waals surface area contributed by atoms with Crippen LogP contribution in [-0.2, 0) is 34.0 Å². The van der Waals surface area contributed by atoms with Crippen molar-refractivity contribution in [3.05, 3.63) is 53.1 Å². The van der Waals surface area contributed by atoms with Crippen LogP contribution in [0.5, 0.6) is 0 Å². The highest BCUT2D eigenvalue weighted by molar-refractivity contribution is 7.92. The maximum atomic E-state index is 13.6. The lowest BCUT2D eigenvalue weighted by molar-refractivity contribution is -0.137. The van der Waals surface area contributed by atoms with Crippen molar-refractivity contribution in [3.63, 3.8) is 0 Å². The van der Waals surface area contributed by atoms with Crippen molar-refractivity contribution in [3.8, 4) is 0 Å². The minimum absolute atomic E-state index is 0.0578. The van der Waals surface area contributed by atoms with Crippen LogP contribution in [0.15, 0.2) is 30.6 Å². The van der Waals surface area contributed by atoms with Crippen LogP contribution in [0, 0.1) is 6.92 Å². The molecule has 1 aliphatic rings. The number of alkyl halides is 3. The molecule has 190 valence electrons. The molecule has 3 aromatic rings. The van der Waals surface area contributed by atoms with E-state index in [0.717, 1.165) is 16.1 Å². The molecule has 11 nitrogen and oxygen atoms in total. The summed E-state index contributed by atoms with van der Waals surface area (Å²) >= 11 is 0. The highest BCUT2D eigenvalue weighted by Crippen LogP contribution is 2.34. The van der Waals surface area contributed by atoms with Gasteiger partial charge in [-0.2, -0.15) is 18.2 Å². The number of rotatable bonds is 7. The Kier molecular flexibility index (Phi) is 6.43. The third-order valence-electron chi connectivity index (χ3n) is 5.29. The molecule has 1 aliphatic heterocycles. The van der Waals surface area contributed by atoms with Crippen molar-refractivity contribution >= 4 is 44.9 Å². The number of nitrogens with zero attached hydrogens (tertiary/aromatic N) is 5. The molecule has 0 saturated heterocycles. The summed E-state index contributed by atoms with van der Waals surface area (Å²) in [6.45, 7) is 1.35. The summed E-state index contributed by atoms with van der Waals surface area (Å²) < 4.78 is 65.5. The van der Waals surface area contributed by atoms with Crippen molar-refractivity contribution in [1.29, 1.82) is 0 Å². The summed E-state index contributed by atoms with van der Waals surface area (Å²) in [6, 6.07) is 5.00. The Bertz CT molecular complexity index is 1450. The average Bonchev–Trinajstić information content (AvgIpc) is 3.16. The lowest BCUT2D eigenvalue weighted by atomic mass is 10.1. The zero-order chi connectivity index (χ0) is 26.3. The van der Waals surface area contributed by atoms with Gasteiger partial charge in [0.05, 0.1) is 36.8 Å². The normalized spacial score (nSPS) is 13.2. The molecule has 0 spiro atoms. The fraction of sp³-hybridized carbons (Fsp3) is 0.286. The number of aryl methyl sites for hydroxylation is 1. The number of carbonyl (C=O) groups is 1. The first-order valence-corrected chi connectivity index (χ1v) is 12.3. The van der Waals surface area contributed by atoms with Gasteiger partial charge in [-0.1, -0.05) is 0 Å². The number of halogens is 3. The molecule has 0 atom stereocenters. The van der Waals surface area contributed by atoms with E-state index in [1.54, 1.807) is 25.1 Å². The summed E-state index contributed by atoms with van der Waals surface area (Å²) in [4.78, 5) is 27.6. The lowest BCUT2D eigenvalue weighted by Crippen LogP contribution is -2.27. The van der Waals surface area contributed by atoms with E-state index in [1.807, 2.05) is 0 Å². The Hall–Kier alpha value is -4.01. The fourth-order valence-corrected chi connectivity index (χ4v) is 3.90. The number of aromatic nitrogens is 4. The zero-order valence-corrected chi connectivity index (χ0v) is 20.1. The SMILES string of the molecule is Cc1ncc(CNc2nc(Nc3ccc4c(c3)CC(=O)N4)ncc2C(F)(F)F)nc1N(C)S(C)(=O)=O. The summed E-state index contributed by atoms with van der Waals surface area (Å²) in [5.74, 6) is -0.694. The molecule has 15 heteroatoms. The van der Waals surface area contributed by atoms with Crippen molar-refractivity contribution in [2.24, 2.45) is 0 Å². The smallest absolute Gasteiger partial charge is 0.364 e. The molecular formula is C21H21F3N8O3S. The minimum Gasteiger partial charge on any atom is -0.364 e. The number of nitrogens with one attached hydrogen (secondary N) is 3. The molecule has 3 heterocycles. The van der Waals surface area contributed by atoms with Crippen LogP contribution in [0.1, 0.15) is 22.5 Å². The van der Waals surface area contributed by atoms with Crippen LogP contribution in [0.4, 0.5) is 42.1 Å². The van der Waals surface area contributed by atoms with E-state index >= 15 is 0 Å². The molecule has 0 bridgehead atoms. The first-order chi connectivity index (χ1) is 16.8. The topological polar surface area (TPSA) is 142 Å². The molecule has 2 aromatic heterocycles. The molecule has 36 heavy (non-hydrogen) atoms. The minimum atomic E-state index is -4.74. The highest BCUT2D eigenvalue weighted by atomic mass is 32.2. The monoisotopic (exact) mass is 522 g/mol. The van der Waals surface area contributed by atoms with E-state index in [2.05, 4.69) is 35.9 Å². The zero-order valence-electron chi connectivity index (χ0n) is 19.3. The first-order valence-electron chi connectivity index (χ1n) is 10.5. The van der Waals surface area contributed by atoms with Crippen molar-refractivity contribution in [1.82, 2.24) is 19.9 Å². The van der Waals surface area contributed by atoms with Gasteiger partial charge in [0.25, 0.3) is 0 Å². The van der Waals surface area contributed by atoms with Crippen LogP contribution >= 0.6 is 0 Å². The van der Waals surface area contributed by atoms with E-state index in [0.29, 0.717) is 23.3 Å². The largest absolute Gasteiger partial charge is 0.421 e. The van der Waals surface area contributed by atoms with Gasteiger partial charge < -0.3 is 16.0 Å². The highest BCUT2D eigenvalue weighted by Gasteiger charge is 2.35. The van der Waals surface area contributed by atoms with Crippen molar-refractivity contribution in [2.45, 2.75) is 26.1 Å². The van der Waals surface area contributed by atoms with Gasteiger partial charge in [0.15, 0.2) is 5.82 Å². The Balaban J connectivity index is 1.59. The number of hydrogen-bond acceptors (Lipinski definition) is 9. The fourth-order valence-electron chi connectivity index (χ4n) is 3.41. The summed E-state index contributed by atoms with van der Waals surface area (Å²) in [5.41, 5.74) is 1.34. The summed E-state index contributed by atoms with van der Waals surface area (Å²) in [7, 11) is -2.32. The Morgan fingerprint density at radius 3 is 2.61 bits per heavy atom. The average molecular weight is 523 g/mol. The van der Waals surface area contributed by atoms with Gasteiger partial charge in [-0.15, -0.1) is 0 Å². The molecule has 1 aromatic carbocycles. The van der Waals surface area contributed by atoms with Gasteiger partial charge in [0.2, 0.25) is 21.9 Å². The third-order valence-corrected chi connectivity index (χ3v) is 6.46. The van der Waals surface area contributed by atoms with E-state index in [9.17, 15) is 26.4 Å². The lowest BCUT2D eigenvalue weighted by Gasteiger charge is -2.18. The number of fused-ring (bicyclic) bond motifs is 1. The first kappa shape index (κ1) is 25.1. The molecule has 0 radical (unpaired) electrons. The molecule has 0 saturated carbocycles. The predicted molar refractivity (Wildman–Crippen MR) is 126 cm³/mol. The number of anilines is 5. The van der Waals surface area contributed by atoms with Crippen LogP contribution in [0.25, 0.3) is 0 Å². The molecule has 0 unspecified atom stereocenters. The van der Waals surface area contributed by atoms with Gasteiger partial charge >= 0.3 is 6.18 Å². The second-order valence-electron chi connectivity index (χ2n) is 8.03. The van der Waals surface area contributed by atoms with Crippen LogP contribution in [0.3, 0.4) is 0 Å². The van der Waals surface area contributed by atoms with Crippen molar-refractivity contribution < 1.29 is 26.4 Å². The second kappa shape index (κ2) is 9.22. The van der Waals surface area contributed by atoms with Gasteiger partial charge in [-0.05, 0) is 30.7 Å². The third kappa shape index (κ3) is 5.45. The van der Waals surface area contributed by atoms with Gasteiger partial charge in [0.1, 0.15) is 11.4 Å².